The lowest BCUT2D eigenvalue weighted by Crippen LogP contribution is -2.44. The summed E-state index contributed by atoms with van der Waals surface area (Å²) in [4.78, 5) is 23.7. The van der Waals surface area contributed by atoms with E-state index >= 15 is 0 Å². The lowest BCUT2D eigenvalue weighted by molar-refractivity contribution is 0.00883. The summed E-state index contributed by atoms with van der Waals surface area (Å²) in [5.41, 5.74) is 0.999. The fourth-order valence-corrected chi connectivity index (χ4v) is 4.98. The quantitative estimate of drug-likeness (QED) is 0.610. The Balaban J connectivity index is 1.34. The first-order valence-corrected chi connectivity index (χ1v) is 11.7. The third kappa shape index (κ3) is 4.94. The molecule has 2 aliphatic heterocycles. The minimum Gasteiger partial charge on any atom is -0.441 e. The van der Waals surface area contributed by atoms with E-state index in [1.807, 2.05) is 0 Å². The first-order chi connectivity index (χ1) is 15.2. The lowest BCUT2D eigenvalue weighted by atomic mass is 10.1. The summed E-state index contributed by atoms with van der Waals surface area (Å²) in [5, 5.41) is 3.02. The fraction of sp³-hybridized carbons (Fsp3) is 0.333. The number of fused-ring (bicyclic) bond motifs is 1. The van der Waals surface area contributed by atoms with Crippen LogP contribution in [-0.4, -0.2) is 57.9 Å². The molecule has 2 aromatic carbocycles. The van der Waals surface area contributed by atoms with Gasteiger partial charge < -0.3 is 14.2 Å². The highest BCUT2D eigenvalue weighted by Gasteiger charge is 2.50. The standard InChI is InChI=1S/C21H21ClN2O7S/c1-12(25)13-2-6-15(7-3-13)23-21(26)31-18-11-30-19-17(10-29-20(18)19)24-32(27,28)16-8-4-14(22)5-9-16/h2-9,17-20,24H,10-11H2,1H3,(H,23,26)/t17-,18-,19-,20+/m0/s1. The molecular formula is C21H21ClN2O7S. The van der Waals surface area contributed by atoms with E-state index in [9.17, 15) is 18.0 Å². The number of sulfonamides is 1. The number of ketones is 1. The summed E-state index contributed by atoms with van der Waals surface area (Å²) >= 11 is 5.82. The number of ether oxygens (including phenoxy) is 3. The zero-order valence-electron chi connectivity index (χ0n) is 17.0. The maximum absolute atomic E-state index is 12.6. The number of benzene rings is 2. The van der Waals surface area contributed by atoms with Gasteiger partial charge in [-0.3, -0.25) is 10.1 Å². The van der Waals surface area contributed by atoms with E-state index in [-0.39, 0.29) is 23.9 Å². The molecule has 0 unspecified atom stereocenters. The van der Waals surface area contributed by atoms with E-state index in [0.29, 0.717) is 16.3 Å². The van der Waals surface area contributed by atoms with Gasteiger partial charge in [-0.2, -0.15) is 0 Å². The summed E-state index contributed by atoms with van der Waals surface area (Å²) in [6.07, 6.45) is -2.59. The predicted molar refractivity (Wildman–Crippen MR) is 115 cm³/mol. The van der Waals surface area contributed by atoms with Crippen LogP contribution in [0.15, 0.2) is 53.4 Å². The van der Waals surface area contributed by atoms with Gasteiger partial charge in [0.25, 0.3) is 0 Å². The molecule has 4 atom stereocenters. The van der Waals surface area contributed by atoms with Gasteiger partial charge in [-0.1, -0.05) is 11.6 Å². The molecule has 0 aliphatic carbocycles. The molecule has 2 saturated heterocycles. The van der Waals surface area contributed by atoms with Crippen LogP contribution >= 0.6 is 11.6 Å². The molecule has 0 aromatic heterocycles. The van der Waals surface area contributed by atoms with E-state index in [0.717, 1.165) is 0 Å². The minimum atomic E-state index is -3.80. The van der Waals surface area contributed by atoms with Crippen molar-refractivity contribution in [2.75, 3.05) is 18.5 Å². The zero-order valence-corrected chi connectivity index (χ0v) is 18.6. The van der Waals surface area contributed by atoms with Crippen molar-refractivity contribution >= 4 is 39.2 Å². The number of hydrogen-bond donors (Lipinski definition) is 2. The van der Waals surface area contributed by atoms with Crippen LogP contribution in [0, 0.1) is 0 Å². The van der Waals surface area contributed by atoms with Gasteiger partial charge in [0.15, 0.2) is 11.9 Å². The Morgan fingerprint density at radius 2 is 1.66 bits per heavy atom. The Labute approximate surface area is 190 Å². The molecule has 0 bridgehead atoms. The van der Waals surface area contributed by atoms with Gasteiger partial charge in [-0.25, -0.2) is 17.9 Å². The lowest BCUT2D eigenvalue weighted by Gasteiger charge is -2.18. The molecule has 170 valence electrons. The Morgan fingerprint density at radius 3 is 2.31 bits per heavy atom. The first kappa shape index (κ1) is 22.7. The topological polar surface area (TPSA) is 120 Å². The Morgan fingerprint density at radius 1 is 1.00 bits per heavy atom. The number of rotatable bonds is 6. The second kappa shape index (κ2) is 9.16. The van der Waals surface area contributed by atoms with Crippen LogP contribution in [0.2, 0.25) is 5.02 Å². The molecule has 1 amide bonds. The van der Waals surface area contributed by atoms with Crippen LogP contribution in [-0.2, 0) is 24.2 Å². The summed E-state index contributed by atoms with van der Waals surface area (Å²) in [5.74, 6) is -0.0760. The third-order valence-corrected chi connectivity index (χ3v) is 6.99. The number of anilines is 1. The van der Waals surface area contributed by atoms with Gasteiger partial charge in [-0.15, -0.1) is 0 Å². The van der Waals surface area contributed by atoms with Crippen molar-refractivity contribution in [1.29, 1.82) is 0 Å². The number of Topliss-reactive ketones (excluding diaryl/α,β-unsaturated/α-hetero) is 1. The second-order valence-electron chi connectivity index (χ2n) is 7.48. The molecule has 2 N–H and O–H groups in total. The maximum atomic E-state index is 12.6. The molecule has 2 aromatic rings. The van der Waals surface area contributed by atoms with Crippen molar-refractivity contribution in [3.63, 3.8) is 0 Å². The average Bonchev–Trinajstić information content (AvgIpc) is 3.32. The number of amides is 1. The van der Waals surface area contributed by atoms with Gasteiger partial charge >= 0.3 is 6.09 Å². The smallest absolute Gasteiger partial charge is 0.412 e. The highest BCUT2D eigenvalue weighted by atomic mass is 35.5. The van der Waals surface area contributed by atoms with E-state index in [1.165, 1.54) is 31.2 Å². The molecule has 9 nitrogen and oxygen atoms in total. The number of halogens is 1. The van der Waals surface area contributed by atoms with Crippen LogP contribution < -0.4 is 10.0 Å². The maximum Gasteiger partial charge on any atom is 0.412 e. The van der Waals surface area contributed by atoms with E-state index in [2.05, 4.69) is 10.0 Å². The molecule has 4 rings (SSSR count). The molecule has 11 heteroatoms. The van der Waals surface area contributed by atoms with Crippen LogP contribution in [0.4, 0.5) is 10.5 Å². The number of carbonyl (C=O) groups is 2. The monoisotopic (exact) mass is 480 g/mol. The summed E-state index contributed by atoms with van der Waals surface area (Å²) in [6.45, 7) is 1.61. The van der Waals surface area contributed by atoms with E-state index in [1.54, 1.807) is 24.3 Å². The minimum absolute atomic E-state index is 0.0746. The van der Waals surface area contributed by atoms with Crippen molar-refractivity contribution in [3.05, 3.63) is 59.1 Å². The summed E-state index contributed by atoms with van der Waals surface area (Å²) < 4.78 is 44.6. The van der Waals surface area contributed by atoms with Gasteiger partial charge in [0.2, 0.25) is 10.0 Å². The molecule has 2 heterocycles. The van der Waals surface area contributed by atoms with Gasteiger partial charge in [0.1, 0.15) is 12.2 Å². The van der Waals surface area contributed by atoms with E-state index < -0.39 is 40.5 Å². The predicted octanol–water partition coefficient (Wildman–Crippen LogP) is 2.60. The largest absolute Gasteiger partial charge is 0.441 e. The Kier molecular flexibility index (Phi) is 6.50. The molecule has 2 fully saturated rings. The molecule has 0 saturated carbocycles. The highest BCUT2D eigenvalue weighted by molar-refractivity contribution is 7.89. The van der Waals surface area contributed by atoms with Crippen molar-refractivity contribution in [2.45, 2.75) is 36.2 Å². The molecule has 0 spiro atoms. The van der Waals surface area contributed by atoms with Crippen molar-refractivity contribution in [2.24, 2.45) is 0 Å². The van der Waals surface area contributed by atoms with Crippen LogP contribution in [0.25, 0.3) is 0 Å². The summed E-state index contributed by atoms with van der Waals surface area (Å²) in [7, 11) is -3.80. The van der Waals surface area contributed by atoms with Crippen LogP contribution in [0.3, 0.4) is 0 Å². The van der Waals surface area contributed by atoms with Crippen molar-refractivity contribution in [3.8, 4) is 0 Å². The Hall–Kier alpha value is -2.50. The average molecular weight is 481 g/mol. The number of hydrogen-bond acceptors (Lipinski definition) is 7. The SMILES string of the molecule is CC(=O)c1ccc(NC(=O)O[C@H]2CO[C@@H]3[C@@H]2OC[C@@H]3NS(=O)(=O)c2ccc(Cl)cc2)cc1. The molecule has 32 heavy (non-hydrogen) atoms. The zero-order chi connectivity index (χ0) is 22.9. The van der Waals surface area contributed by atoms with Crippen LogP contribution in [0.5, 0.6) is 0 Å². The molecule has 2 aliphatic rings. The van der Waals surface area contributed by atoms with Gasteiger partial charge in [-0.05, 0) is 55.5 Å². The van der Waals surface area contributed by atoms with Crippen molar-refractivity contribution in [1.82, 2.24) is 4.72 Å². The normalized spacial score (nSPS) is 24.7. The first-order valence-electron chi connectivity index (χ1n) is 9.83. The van der Waals surface area contributed by atoms with Crippen molar-refractivity contribution < 1.29 is 32.2 Å². The third-order valence-electron chi connectivity index (χ3n) is 5.23. The highest BCUT2D eigenvalue weighted by Crippen LogP contribution is 2.30. The summed E-state index contributed by atoms with van der Waals surface area (Å²) in [6, 6.07) is 11.6. The molecular weight excluding hydrogens is 460 g/mol. The fourth-order valence-electron chi connectivity index (χ4n) is 3.62. The number of nitrogens with one attached hydrogen (secondary N) is 2. The number of carbonyl (C=O) groups excluding carboxylic acids is 2. The molecule has 0 radical (unpaired) electrons. The van der Waals surface area contributed by atoms with Gasteiger partial charge in [0, 0.05) is 16.3 Å². The van der Waals surface area contributed by atoms with Crippen LogP contribution in [0.1, 0.15) is 17.3 Å². The van der Waals surface area contributed by atoms with E-state index in [4.69, 9.17) is 25.8 Å². The van der Waals surface area contributed by atoms with Gasteiger partial charge in [0.05, 0.1) is 24.2 Å². The second-order valence-corrected chi connectivity index (χ2v) is 9.63. The Bertz CT molecular complexity index is 1110.